The lowest BCUT2D eigenvalue weighted by Crippen LogP contribution is -2.29. The highest BCUT2D eigenvalue weighted by Crippen LogP contribution is 2.13. The Labute approximate surface area is 133 Å². The quantitative estimate of drug-likeness (QED) is 0.684. The highest BCUT2D eigenvalue weighted by atomic mass is 32.1. The van der Waals surface area contributed by atoms with Gasteiger partial charge in [0.05, 0.1) is 11.0 Å². The third-order valence-electron chi connectivity index (χ3n) is 3.98. The molecule has 116 valence electrons. The van der Waals surface area contributed by atoms with Crippen LogP contribution in [-0.4, -0.2) is 34.1 Å². The molecule has 1 aromatic carbocycles. The second kappa shape index (κ2) is 8.35. The summed E-state index contributed by atoms with van der Waals surface area (Å²) in [5, 5.41) is 0. The summed E-state index contributed by atoms with van der Waals surface area (Å²) in [5.74, 6) is 0. The van der Waals surface area contributed by atoms with Crippen molar-refractivity contribution in [3.8, 4) is 0 Å². The molecule has 0 aliphatic carbocycles. The number of unbranched alkanes of at least 4 members (excludes halogenated alkanes) is 2. The standard InChI is InChI=1S/C17H27N3S/c1-3-5-11-19(12-6-4-2)13-14-20-16-10-8-7-9-15(16)18-17(20)21/h7-10H,3-6,11-14H2,1-2H3,(H,18,21). The van der Waals surface area contributed by atoms with Crippen molar-refractivity contribution in [3.05, 3.63) is 29.0 Å². The van der Waals surface area contributed by atoms with Crippen LogP contribution < -0.4 is 0 Å². The molecule has 0 bridgehead atoms. The van der Waals surface area contributed by atoms with Gasteiger partial charge in [-0.2, -0.15) is 0 Å². The first-order valence-electron chi connectivity index (χ1n) is 8.16. The van der Waals surface area contributed by atoms with E-state index in [1.54, 1.807) is 0 Å². The van der Waals surface area contributed by atoms with Crippen molar-refractivity contribution in [1.82, 2.24) is 14.5 Å². The Morgan fingerprint density at radius 3 is 2.38 bits per heavy atom. The molecular weight excluding hydrogens is 278 g/mol. The fourth-order valence-electron chi connectivity index (χ4n) is 2.67. The third-order valence-corrected chi connectivity index (χ3v) is 4.30. The van der Waals surface area contributed by atoms with Gasteiger partial charge in [0.2, 0.25) is 0 Å². The van der Waals surface area contributed by atoms with Gasteiger partial charge >= 0.3 is 0 Å². The monoisotopic (exact) mass is 305 g/mol. The zero-order valence-electron chi connectivity index (χ0n) is 13.3. The van der Waals surface area contributed by atoms with Crippen LogP contribution in [0.2, 0.25) is 0 Å². The molecule has 0 saturated carbocycles. The number of nitrogens with zero attached hydrogens (tertiary/aromatic N) is 2. The van der Waals surface area contributed by atoms with Gasteiger partial charge in [0, 0.05) is 13.1 Å². The fraction of sp³-hybridized carbons (Fsp3) is 0.588. The lowest BCUT2D eigenvalue weighted by molar-refractivity contribution is 0.255. The zero-order chi connectivity index (χ0) is 15.1. The molecule has 0 aliphatic heterocycles. The number of para-hydroxylation sites is 2. The number of hydrogen-bond donors (Lipinski definition) is 1. The van der Waals surface area contributed by atoms with E-state index in [1.807, 2.05) is 6.07 Å². The highest BCUT2D eigenvalue weighted by Gasteiger charge is 2.07. The predicted octanol–water partition coefficient (Wildman–Crippen LogP) is 4.60. The van der Waals surface area contributed by atoms with E-state index in [0.29, 0.717) is 0 Å². The van der Waals surface area contributed by atoms with Gasteiger partial charge in [-0.3, -0.25) is 0 Å². The molecule has 0 radical (unpaired) electrons. The Bertz CT molecular complexity index is 591. The number of aromatic nitrogens is 2. The molecule has 21 heavy (non-hydrogen) atoms. The van der Waals surface area contributed by atoms with Gasteiger partial charge in [-0.05, 0) is 50.3 Å². The normalized spacial score (nSPS) is 11.6. The number of aromatic amines is 1. The van der Waals surface area contributed by atoms with Crippen LogP contribution in [0.1, 0.15) is 39.5 Å². The summed E-state index contributed by atoms with van der Waals surface area (Å²) in [6.45, 7) is 8.96. The van der Waals surface area contributed by atoms with Crippen molar-refractivity contribution in [3.63, 3.8) is 0 Å². The molecule has 0 spiro atoms. The Kier molecular flexibility index (Phi) is 6.46. The van der Waals surface area contributed by atoms with Crippen molar-refractivity contribution >= 4 is 23.3 Å². The molecule has 2 rings (SSSR count). The number of nitrogens with one attached hydrogen (secondary N) is 1. The van der Waals surface area contributed by atoms with Crippen LogP contribution in [0, 0.1) is 4.77 Å². The summed E-state index contributed by atoms with van der Waals surface area (Å²) in [4.78, 5) is 5.88. The van der Waals surface area contributed by atoms with Gasteiger partial charge in [0.15, 0.2) is 4.77 Å². The van der Waals surface area contributed by atoms with Crippen LogP contribution in [-0.2, 0) is 6.54 Å². The number of fused-ring (bicyclic) bond motifs is 1. The van der Waals surface area contributed by atoms with Crippen LogP contribution >= 0.6 is 12.2 Å². The van der Waals surface area contributed by atoms with Crippen molar-refractivity contribution in [2.45, 2.75) is 46.1 Å². The fourth-order valence-corrected chi connectivity index (χ4v) is 2.97. The molecule has 0 unspecified atom stereocenters. The lowest BCUT2D eigenvalue weighted by atomic mass is 10.2. The first-order valence-corrected chi connectivity index (χ1v) is 8.57. The molecule has 0 aliphatic rings. The minimum Gasteiger partial charge on any atom is -0.331 e. The molecule has 1 aromatic heterocycles. The number of rotatable bonds is 9. The van der Waals surface area contributed by atoms with Crippen molar-refractivity contribution in [2.75, 3.05) is 19.6 Å². The molecule has 3 nitrogen and oxygen atoms in total. The van der Waals surface area contributed by atoms with Crippen LogP contribution in [0.5, 0.6) is 0 Å². The molecule has 0 atom stereocenters. The van der Waals surface area contributed by atoms with E-state index in [2.05, 4.69) is 46.5 Å². The Hall–Kier alpha value is -1.13. The van der Waals surface area contributed by atoms with Crippen LogP contribution in [0.4, 0.5) is 0 Å². The summed E-state index contributed by atoms with van der Waals surface area (Å²) in [6, 6.07) is 8.36. The van der Waals surface area contributed by atoms with Crippen molar-refractivity contribution < 1.29 is 0 Å². The smallest absolute Gasteiger partial charge is 0.178 e. The molecule has 2 aromatic rings. The summed E-state index contributed by atoms with van der Waals surface area (Å²) < 4.78 is 3.07. The maximum atomic E-state index is 5.47. The molecule has 0 saturated heterocycles. The van der Waals surface area contributed by atoms with Gasteiger partial charge in [-0.25, -0.2) is 0 Å². The van der Waals surface area contributed by atoms with Gasteiger partial charge in [0.25, 0.3) is 0 Å². The Morgan fingerprint density at radius 1 is 1.05 bits per heavy atom. The first-order chi connectivity index (χ1) is 10.3. The van der Waals surface area contributed by atoms with Crippen LogP contribution in [0.3, 0.4) is 0 Å². The predicted molar refractivity (Wildman–Crippen MR) is 93.4 cm³/mol. The number of hydrogen-bond acceptors (Lipinski definition) is 2. The van der Waals surface area contributed by atoms with E-state index in [-0.39, 0.29) is 0 Å². The SMILES string of the molecule is CCCCN(CCCC)CCn1c(=S)[nH]c2ccccc21. The average Bonchev–Trinajstić information content (AvgIpc) is 2.82. The highest BCUT2D eigenvalue weighted by molar-refractivity contribution is 7.71. The molecular formula is C17H27N3S. The minimum atomic E-state index is 0.835. The second-order valence-corrected chi connectivity index (χ2v) is 6.03. The third kappa shape index (κ3) is 4.42. The van der Waals surface area contributed by atoms with E-state index in [1.165, 1.54) is 44.3 Å². The van der Waals surface area contributed by atoms with Crippen LogP contribution in [0.15, 0.2) is 24.3 Å². The van der Waals surface area contributed by atoms with Gasteiger partial charge in [-0.1, -0.05) is 38.8 Å². The summed E-state index contributed by atoms with van der Waals surface area (Å²) in [5.41, 5.74) is 2.35. The van der Waals surface area contributed by atoms with E-state index in [9.17, 15) is 0 Å². The van der Waals surface area contributed by atoms with Gasteiger partial charge in [0.1, 0.15) is 0 Å². The van der Waals surface area contributed by atoms with E-state index in [4.69, 9.17) is 12.2 Å². The number of imidazole rings is 1. The molecule has 1 N–H and O–H groups in total. The lowest BCUT2D eigenvalue weighted by Gasteiger charge is -2.22. The van der Waals surface area contributed by atoms with Crippen molar-refractivity contribution in [1.29, 1.82) is 0 Å². The molecule has 0 amide bonds. The van der Waals surface area contributed by atoms with E-state index in [0.717, 1.165) is 23.4 Å². The summed E-state index contributed by atoms with van der Waals surface area (Å²) in [6.07, 6.45) is 5.08. The number of H-pyrrole nitrogens is 1. The molecule has 4 heteroatoms. The number of benzene rings is 1. The zero-order valence-corrected chi connectivity index (χ0v) is 14.1. The van der Waals surface area contributed by atoms with Gasteiger partial charge in [-0.15, -0.1) is 0 Å². The van der Waals surface area contributed by atoms with E-state index >= 15 is 0 Å². The topological polar surface area (TPSA) is 24.0 Å². The maximum Gasteiger partial charge on any atom is 0.178 e. The second-order valence-electron chi connectivity index (χ2n) is 5.65. The van der Waals surface area contributed by atoms with Gasteiger partial charge < -0.3 is 14.5 Å². The first kappa shape index (κ1) is 16.2. The van der Waals surface area contributed by atoms with E-state index < -0.39 is 0 Å². The maximum absolute atomic E-state index is 5.47. The average molecular weight is 305 g/mol. The summed E-state index contributed by atoms with van der Waals surface area (Å²) in [7, 11) is 0. The molecule has 0 fully saturated rings. The summed E-state index contributed by atoms with van der Waals surface area (Å²) >= 11 is 5.47. The van der Waals surface area contributed by atoms with Crippen LogP contribution in [0.25, 0.3) is 11.0 Å². The van der Waals surface area contributed by atoms with Crippen molar-refractivity contribution in [2.24, 2.45) is 0 Å². The Balaban J connectivity index is 2.04. The largest absolute Gasteiger partial charge is 0.331 e. The Morgan fingerprint density at radius 2 is 1.71 bits per heavy atom. The molecule has 1 heterocycles. The minimum absolute atomic E-state index is 0.835.